The van der Waals surface area contributed by atoms with E-state index in [0.717, 1.165) is 25.2 Å². The van der Waals surface area contributed by atoms with Gasteiger partial charge in [-0.25, -0.2) is 0 Å². The molecule has 26 heavy (non-hydrogen) atoms. The van der Waals surface area contributed by atoms with E-state index in [4.69, 9.17) is 18.9 Å². The van der Waals surface area contributed by atoms with Crippen molar-refractivity contribution in [2.45, 2.75) is 47.5 Å². The molecule has 0 bridgehead atoms. The molecule has 0 aromatic heterocycles. The fraction of sp³-hybridized carbons (Fsp3) is 0.727. The van der Waals surface area contributed by atoms with E-state index >= 15 is 0 Å². The van der Waals surface area contributed by atoms with Gasteiger partial charge in [-0.2, -0.15) is 0 Å². The van der Waals surface area contributed by atoms with Crippen molar-refractivity contribution in [1.82, 2.24) is 0 Å². The monoisotopic (exact) mass is 366 g/mol. The van der Waals surface area contributed by atoms with Gasteiger partial charge in [-0.3, -0.25) is 0 Å². The van der Waals surface area contributed by atoms with Gasteiger partial charge in [0.05, 0.1) is 26.4 Å². The molecule has 1 aromatic carbocycles. The Morgan fingerprint density at radius 1 is 0.846 bits per heavy atom. The van der Waals surface area contributed by atoms with E-state index in [0.29, 0.717) is 26.4 Å². The minimum atomic E-state index is -0.0539. The second-order valence-electron chi connectivity index (χ2n) is 8.74. The van der Waals surface area contributed by atoms with Crippen LogP contribution in [0.4, 0.5) is 0 Å². The summed E-state index contributed by atoms with van der Waals surface area (Å²) in [6.45, 7) is 14.2. The average Bonchev–Trinajstić information content (AvgIpc) is 2.55. The minimum Gasteiger partial charge on any atom is -0.493 e. The molecule has 0 N–H and O–H groups in total. The lowest BCUT2D eigenvalue weighted by Crippen LogP contribution is -2.31. The minimum absolute atomic E-state index is 0.0266. The SMILES string of the molecule is COCCCc1ccc(C)c(OCC(C)(C)COCC(C)(C)COC)c1. The van der Waals surface area contributed by atoms with Crippen LogP contribution < -0.4 is 4.74 Å². The molecule has 0 unspecified atom stereocenters. The normalized spacial score (nSPS) is 12.4. The maximum Gasteiger partial charge on any atom is 0.122 e. The largest absolute Gasteiger partial charge is 0.493 e. The van der Waals surface area contributed by atoms with E-state index in [1.165, 1.54) is 11.1 Å². The van der Waals surface area contributed by atoms with Crippen molar-refractivity contribution >= 4 is 0 Å². The second-order valence-corrected chi connectivity index (χ2v) is 8.74. The van der Waals surface area contributed by atoms with E-state index in [1.54, 1.807) is 14.2 Å². The van der Waals surface area contributed by atoms with Gasteiger partial charge >= 0.3 is 0 Å². The average molecular weight is 367 g/mol. The number of ether oxygens (including phenoxy) is 4. The molecule has 0 spiro atoms. The van der Waals surface area contributed by atoms with Crippen LogP contribution in [0.15, 0.2) is 18.2 Å². The van der Waals surface area contributed by atoms with E-state index in [2.05, 4.69) is 52.8 Å². The van der Waals surface area contributed by atoms with Crippen LogP contribution in [0, 0.1) is 17.8 Å². The Hall–Kier alpha value is -1.10. The molecule has 0 saturated carbocycles. The van der Waals surface area contributed by atoms with Crippen LogP contribution >= 0.6 is 0 Å². The first-order chi connectivity index (χ1) is 12.2. The molecule has 4 nitrogen and oxygen atoms in total. The van der Waals surface area contributed by atoms with Gasteiger partial charge in [0.1, 0.15) is 5.75 Å². The van der Waals surface area contributed by atoms with Crippen LogP contribution in [-0.2, 0) is 20.6 Å². The van der Waals surface area contributed by atoms with E-state index in [-0.39, 0.29) is 10.8 Å². The third-order valence-corrected chi connectivity index (χ3v) is 4.21. The number of rotatable bonds is 13. The van der Waals surface area contributed by atoms with Crippen LogP contribution in [0.5, 0.6) is 5.75 Å². The Morgan fingerprint density at radius 3 is 2.12 bits per heavy atom. The summed E-state index contributed by atoms with van der Waals surface area (Å²) in [6.07, 6.45) is 2.03. The van der Waals surface area contributed by atoms with Gasteiger partial charge in [-0.05, 0) is 37.0 Å². The smallest absolute Gasteiger partial charge is 0.122 e. The molecule has 0 saturated heterocycles. The van der Waals surface area contributed by atoms with E-state index < -0.39 is 0 Å². The number of methoxy groups -OCH3 is 2. The zero-order valence-electron chi connectivity index (χ0n) is 17.8. The molecular weight excluding hydrogens is 328 g/mol. The molecule has 1 rings (SSSR count). The zero-order valence-corrected chi connectivity index (χ0v) is 17.8. The van der Waals surface area contributed by atoms with Gasteiger partial charge in [-0.1, -0.05) is 39.8 Å². The summed E-state index contributed by atoms with van der Waals surface area (Å²) in [4.78, 5) is 0. The van der Waals surface area contributed by atoms with Crippen LogP contribution in [0.1, 0.15) is 45.2 Å². The highest BCUT2D eigenvalue weighted by Crippen LogP contribution is 2.25. The fourth-order valence-electron chi connectivity index (χ4n) is 2.73. The van der Waals surface area contributed by atoms with Crippen LogP contribution in [-0.4, -0.2) is 47.3 Å². The van der Waals surface area contributed by atoms with Crippen molar-refractivity contribution in [2.24, 2.45) is 10.8 Å². The highest BCUT2D eigenvalue weighted by molar-refractivity contribution is 5.36. The van der Waals surface area contributed by atoms with Gasteiger partial charge in [-0.15, -0.1) is 0 Å². The van der Waals surface area contributed by atoms with Gasteiger partial charge in [0.25, 0.3) is 0 Å². The summed E-state index contributed by atoms with van der Waals surface area (Å²) in [5.41, 5.74) is 2.43. The summed E-state index contributed by atoms with van der Waals surface area (Å²) < 4.78 is 22.5. The van der Waals surface area contributed by atoms with Crippen molar-refractivity contribution in [3.05, 3.63) is 29.3 Å². The zero-order chi connectivity index (χ0) is 19.6. The Labute approximate surface area is 160 Å². The molecule has 150 valence electrons. The Bertz CT molecular complexity index is 523. The van der Waals surface area contributed by atoms with Gasteiger partial charge < -0.3 is 18.9 Å². The first kappa shape index (κ1) is 22.9. The number of benzene rings is 1. The lowest BCUT2D eigenvalue weighted by Gasteiger charge is -2.29. The molecule has 0 aliphatic rings. The van der Waals surface area contributed by atoms with Gasteiger partial charge in [0.15, 0.2) is 0 Å². The van der Waals surface area contributed by atoms with E-state index in [9.17, 15) is 0 Å². The van der Waals surface area contributed by atoms with Crippen molar-refractivity contribution in [2.75, 3.05) is 47.3 Å². The molecule has 0 radical (unpaired) electrons. The predicted octanol–water partition coefficient (Wildman–Crippen LogP) is 4.67. The highest BCUT2D eigenvalue weighted by Gasteiger charge is 2.23. The summed E-state index contributed by atoms with van der Waals surface area (Å²) >= 11 is 0. The summed E-state index contributed by atoms with van der Waals surface area (Å²) in [7, 11) is 3.47. The molecule has 0 heterocycles. The van der Waals surface area contributed by atoms with Crippen molar-refractivity contribution < 1.29 is 18.9 Å². The first-order valence-electron chi connectivity index (χ1n) is 9.47. The number of aryl methyl sites for hydroxylation is 2. The maximum absolute atomic E-state index is 6.14. The molecule has 0 amide bonds. The second kappa shape index (κ2) is 10.9. The molecule has 1 aromatic rings. The standard InChI is InChI=1S/C22H38O4/c1-18-10-11-19(9-8-12-23-6)13-20(18)26-17-22(4,5)16-25-15-21(2,3)14-24-7/h10-11,13H,8-9,12,14-17H2,1-7H3. The highest BCUT2D eigenvalue weighted by atomic mass is 16.5. The van der Waals surface area contributed by atoms with Crippen LogP contribution in [0.25, 0.3) is 0 Å². The van der Waals surface area contributed by atoms with Gasteiger partial charge in [0.2, 0.25) is 0 Å². The molecule has 4 heteroatoms. The number of hydrogen-bond acceptors (Lipinski definition) is 4. The number of hydrogen-bond donors (Lipinski definition) is 0. The maximum atomic E-state index is 6.14. The molecule has 0 atom stereocenters. The van der Waals surface area contributed by atoms with Crippen molar-refractivity contribution in [3.8, 4) is 5.75 Å². The molecular formula is C22H38O4. The summed E-state index contributed by atoms with van der Waals surface area (Å²) in [5, 5.41) is 0. The van der Waals surface area contributed by atoms with Crippen LogP contribution in [0.2, 0.25) is 0 Å². The van der Waals surface area contributed by atoms with Gasteiger partial charge in [0, 0.05) is 31.7 Å². The lowest BCUT2D eigenvalue weighted by atomic mass is 9.94. The summed E-state index contributed by atoms with van der Waals surface area (Å²) in [5.74, 6) is 0.965. The third kappa shape index (κ3) is 9.02. The predicted molar refractivity (Wildman–Crippen MR) is 107 cm³/mol. The Balaban J connectivity index is 2.51. The fourth-order valence-corrected chi connectivity index (χ4v) is 2.73. The lowest BCUT2D eigenvalue weighted by molar-refractivity contribution is -0.0248. The summed E-state index contributed by atoms with van der Waals surface area (Å²) in [6, 6.07) is 6.46. The quantitative estimate of drug-likeness (QED) is 0.476. The van der Waals surface area contributed by atoms with Crippen molar-refractivity contribution in [1.29, 1.82) is 0 Å². The van der Waals surface area contributed by atoms with Crippen LogP contribution in [0.3, 0.4) is 0 Å². The topological polar surface area (TPSA) is 36.9 Å². The van der Waals surface area contributed by atoms with E-state index in [1.807, 2.05) is 0 Å². The molecule has 0 aliphatic carbocycles. The Morgan fingerprint density at radius 2 is 1.50 bits per heavy atom. The third-order valence-electron chi connectivity index (χ3n) is 4.21. The van der Waals surface area contributed by atoms with Crippen molar-refractivity contribution in [3.63, 3.8) is 0 Å². The molecule has 0 fully saturated rings. The molecule has 0 aliphatic heterocycles. The first-order valence-corrected chi connectivity index (χ1v) is 9.47. The Kier molecular flexibility index (Phi) is 9.62.